The quantitative estimate of drug-likeness (QED) is 0.556. The molecule has 0 spiro atoms. The minimum absolute atomic E-state index is 0.0573. The third kappa shape index (κ3) is 7.03. The maximum atomic E-state index is 13.8. The molecule has 34 heavy (non-hydrogen) atoms. The number of sulfonamides is 1. The summed E-state index contributed by atoms with van der Waals surface area (Å²) in [6.07, 6.45) is 5.43. The Bertz CT molecular complexity index is 1090. The monoisotopic (exact) mass is 489 g/mol. The zero-order valence-electron chi connectivity index (χ0n) is 19.6. The third-order valence-corrected chi connectivity index (χ3v) is 7.27. The van der Waals surface area contributed by atoms with E-state index in [0.717, 1.165) is 47.9 Å². The average molecular weight is 490 g/mol. The van der Waals surface area contributed by atoms with Crippen LogP contribution < -0.4 is 9.62 Å². The maximum Gasteiger partial charge on any atom is 0.244 e. The highest BCUT2D eigenvalue weighted by Gasteiger charge is 2.31. The van der Waals surface area contributed by atoms with Crippen LogP contribution in [0.5, 0.6) is 0 Å². The Labute approximate surface area is 201 Å². The molecule has 1 N–H and O–H groups in total. The van der Waals surface area contributed by atoms with Gasteiger partial charge in [-0.1, -0.05) is 49.2 Å². The van der Waals surface area contributed by atoms with Gasteiger partial charge in [0.2, 0.25) is 21.8 Å². The lowest BCUT2D eigenvalue weighted by Crippen LogP contribution is -2.53. The lowest BCUT2D eigenvalue weighted by Gasteiger charge is -2.32. The van der Waals surface area contributed by atoms with Crippen molar-refractivity contribution in [3.05, 3.63) is 66.0 Å². The number of carbonyl (C=O) groups is 2. The van der Waals surface area contributed by atoms with Crippen molar-refractivity contribution >= 4 is 27.5 Å². The van der Waals surface area contributed by atoms with Crippen molar-refractivity contribution in [1.82, 2.24) is 10.2 Å². The van der Waals surface area contributed by atoms with Crippen LogP contribution in [0.1, 0.15) is 38.2 Å². The summed E-state index contributed by atoms with van der Waals surface area (Å²) in [5.74, 6) is -1.39. The zero-order valence-corrected chi connectivity index (χ0v) is 20.4. The lowest BCUT2D eigenvalue weighted by molar-refractivity contribution is -0.139. The van der Waals surface area contributed by atoms with Crippen molar-refractivity contribution in [2.24, 2.45) is 0 Å². The van der Waals surface area contributed by atoms with E-state index in [1.807, 2.05) is 30.3 Å². The minimum atomic E-state index is -3.88. The second-order valence-corrected chi connectivity index (χ2v) is 10.6. The Balaban J connectivity index is 1.81. The largest absolute Gasteiger partial charge is 0.352 e. The van der Waals surface area contributed by atoms with Crippen LogP contribution in [0.4, 0.5) is 10.1 Å². The second-order valence-electron chi connectivity index (χ2n) is 8.74. The van der Waals surface area contributed by atoms with E-state index in [-0.39, 0.29) is 24.2 Å². The molecule has 0 radical (unpaired) electrons. The first-order valence-electron chi connectivity index (χ1n) is 11.5. The van der Waals surface area contributed by atoms with Gasteiger partial charge >= 0.3 is 0 Å². The fourth-order valence-electron chi connectivity index (χ4n) is 4.21. The van der Waals surface area contributed by atoms with Crippen molar-refractivity contribution in [2.45, 2.75) is 51.1 Å². The molecule has 2 aromatic carbocycles. The van der Waals surface area contributed by atoms with Gasteiger partial charge in [-0.2, -0.15) is 0 Å². The van der Waals surface area contributed by atoms with Crippen LogP contribution in [0.25, 0.3) is 0 Å². The Morgan fingerprint density at radius 1 is 1.09 bits per heavy atom. The van der Waals surface area contributed by atoms with Crippen molar-refractivity contribution < 1.29 is 22.4 Å². The van der Waals surface area contributed by atoms with Crippen LogP contribution in [-0.4, -0.2) is 56.6 Å². The number of amides is 2. The van der Waals surface area contributed by atoms with Crippen LogP contribution in [0.15, 0.2) is 54.6 Å². The molecule has 0 aromatic heterocycles. The molecule has 0 unspecified atom stereocenters. The van der Waals surface area contributed by atoms with E-state index in [4.69, 9.17) is 0 Å². The van der Waals surface area contributed by atoms with Gasteiger partial charge in [0.25, 0.3) is 0 Å². The summed E-state index contributed by atoms with van der Waals surface area (Å²) in [6.45, 7) is 1.36. The van der Waals surface area contributed by atoms with E-state index in [1.165, 1.54) is 23.1 Å². The molecule has 7 nitrogen and oxygen atoms in total. The summed E-state index contributed by atoms with van der Waals surface area (Å²) in [7, 11) is -3.88. The Hall–Kier alpha value is -2.94. The molecule has 1 atom stereocenters. The van der Waals surface area contributed by atoms with Crippen LogP contribution in [-0.2, 0) is 26.0 Å². The number of carbonyl (C=O) groups excluding carboxylic acids is 2. The number of hydrogen-bond donors (Lipinski definition) is 1. The molecule has 2 amide bonds. The summed E-state index contributed by atoms with van der Waals surface area (Å²) in [5, 5.41) is 3.02. The number of anilines is 1. The predicted octanol–water partition coefficient (Wildman–Crippen LogP) is 3.11. The topological polar surface area (TPSA) is 86.8 Å². The van der Waals surface area contributed by atoms with E-state index in [1.54, 1.807) is 6.92 Å². The molecule has 9 heteroatoms. The van der Waals surface area contributed by atoms with Crippen molar-refractivity contribution in [3.8, 4) is 0 Å². The van der Waals surface area contributed by atoms with Crippen LogP contribution in [0.3, 0.4) is 0 Å². The summed E-state index contributed by atoms with van der Waals surface area (Å²) < 4.78 is 39.6. The van der Waals surface area contributed by atoms with E-state index >= 15 is 0 Å². The molecule has 1 aliphatic rings. The van der Waals surface area contributed by atoms with Crippen LogP contribution >= 0.6 is 0 Å². The standard InChI is InChI=1S/C25H32FN3O4S/c1-19(25(31)27-22-12-6-7-13-22)28(16-15-20-9-4-3-5-10-20)24(30)18-29(34(2,32)33)23-14-8-11-21(26)17-23/h3-5,8-11,14,17,19,22H,6-7,12-13,15-16,18H2,1-2H3,(H,27,31)/t19-/m1/s1. The summed E-state index contributed by atoms with van der Waals surface area (Å²) >= 11 is 0. The highest BCUT2D eigenvalue weighted by atomic mass is 32.2. The number of halogens is 1. The van der Waals surface area contributed by atoms with Crippen LogP contribution in [0.2, 0.25) is 0 Å². The van der Waals surface area contributed by atoms with Gasteiger partial charge < -0.3 is 10.2 Å². The number of nitrogens with one attached hydrogen (secondary N) is 1. The van der Waals surface area contributed by atoms with Crippen molar-refractivity contribution in [2.75, 3.05) is 23.7 Å². The lowest BCUT2D eigenvalue weighted by atomic mass is 10.1. The van der Waals surface area contributed by atoms with E-state index in [2.05, 4.69) is 5.32 Å². The van der Waals surface area contributed by atoms with Crippen LogP contribution in [0, 0.1) is 5.82 Å². The maximum absolute atomic E-state index is 13.8. The molecule has 1 aliphatic carbocycles. The highest BCUT2D eigenvalue weighted by Crippen LogP contribution is 2.20. The van der Waals surface area contributed by atoms with Gasteiger partial charge in [-0.15, -0.1) is 0 Å². The number of nitrogens with zero attached hydrogens (tertiary/aromatic N) is 2. The molecule has 184 valence electrons. The van der Waals surface area contributed by atoms with Crippen molar-refractivity contribution in [3.63, 3.8) is 0 Å². The normalized spacial score (nSPS) is 15.0. The van der Waals surface area contributed by atoms with Gasteiger partial charge in [-0.25, -0.2) is 12.8 Å². The van der Waals surface area contributed by atoms with Gasteiger partial charge in [-0.3, -0.25) is 13.9 Å². The summed E-state index contributed by atoms with van der Waals surface area (Å²) in [5.41, 5.74) is 1.05. The fraction of sp³-hybridized carbons (Fsp3) is 0.440. The molecule has 0 aliphatic heterocycles. The SMILES string of the molecule is C[C@H](C(=O)NC1CCCC1)N(CCc1ccccc1)C(=O)CN(c1cccc(F)c1)S(C)(=O)=O. The smallest absolute Gasteiger partial charge is 0.244 e. The zero-order chi connectivity index (χ0) is 24.7. The number of hydrogen-bond acceptors (Lipinski definition) is 4. The molecule has 1 saturated carbocycles. The third-order valence-electron chi connectivity index (χ3n) is 6.13. The van der Waals surface area contributed by atoms with E-state index in [0.29, 0.717) is 6.42 Å². The fourth-order valence-corrected chi connectivity index (χ4v) is 5.05. The first-order valence-corrected chi connectivity index (χ1v) is 13.4. The molecule has 0 saturated heterocycles. The van der Waals surface area contributed by atoms with Crippen molar-refractivity contribution in [1.29, 1.82) is 0 Å². The van der Waals surface area contributed by atoms with Gasteiger partial charge in [0.15, 0.2) is 0 Å². The Kier molecular flexibility index (Phi) is 8.66. The molecule has 2 aromatic rings. The van der Waals surface area contributed by atoms with E-state index in [9.17, 15) is 22.4 Å². The first kappa shape index (κ1) is 25.7. The van der Waals surface area contributed by atoms with Gasteiger partial charge in [0, 0.05) is 12.6 Å². The molecule has 0 heterocycles. The Morgan fingerprint density at radius 3 is 2.38 bits per heavy atom. The highest BCUT2D eigenvalue weighted by molar-refractivity contribution is 7.92. The molecule has 3 rings (SSSR count). The minimum Gasteiger partial charge on any atom is -0.352 e. The number of rotatable bonds is 10. The molecule has 0 bridgehead atoms. The predicted molar refractivity (Wildman–Crippen MR) is 130 cm³/mol. The molecular weight excluding hydrogens is 457 g/mol. The van der Waals surface area contributed by atoms with E-state index < -0.39 is 34.3 Å². The average Bonchev–Trinajstić information content (AvgIpc) is 3.30. The van der Waals surface area contributed by atoms with Gasteiger partial charge in [0.05, 0.1) is 11.9 Å². The summed E-state index contributed by atoms with van der Waals surface area (Å²) in [4.78, 5) is 27.8. The Morgan fingerprint density at radius 2 is 1.76 bits per heavy atom. The number of benzene rings is 2. The van der Waals surface area contributed by atoms with Gasteiger partial charge in [-0.05, 0) is 49.9 Å². The molecule has 1 fully saturated rings. The summed E-state index contributed by atoms with van der Waals surface area (Å²) in [6, 6.07) is 14.0. The second kappa shape index (κ2) is 11.5. The molecular formula is C25H32FN3O4S. The van der Waals surface area contributed by atoms with Gasteiger partial charge in [0.1, 0.15) is 18.4 Å². The first-order chi connectivity index (χ1) is 16.1.